The van der Waals surface area contributed by atoms with E-state index in [1.54, 1.807) is 13.0 Å². The number of anilines is 1. The Balaban J connectivity index is 2.04. The molecule has 0 bridgehead atoms. The molecular weight excluding hydrogens is 446 g/mol. The van der Waals surface area contributed by atoms with Gasteiger partial charge in [-0.05, 0) is 72.3 Å². The lowest BCUT2D eigenvalue weighted by Crippen LogP contribution is -2.17. The van der Waals surface area contributed by atoms with E-state index in [0.717, 1.165) is 21.4 Å². The van der Waals surface area contributed by atoms with Crippen LogP contribution in [-0.2, 0) is 6.18 Å². The van der Waals surface area contributed by atoms with Crippen LogP contribution in [-0.4, -0.2) is 15.3 Å². The fourth-order valence-corrected chi connectivity index (χ4v) is 3.20. The van der Waals surface area contributed by atoms with E-state index < -0.39 is 17.6 Å². The first-order valence-electron chi connectivity index (χ1n) is 7.30. The predicted octanol–water partition coefficient (Wildman–Crippen LogP) is 4.83. The lowest BCUT2D eigenvalue weighted by molar-refractivity contribution is -0.137. The number of nitrogens with one attached hydrogen (secondary N) is 1. The number of benzene rings is 1. The third-order valence-electron chi connectivity index (χ3n) is 3.77. The number of halogens is 4. The van der Waals surface area contributed by atoms with Gasteiger partial charge >= 0.3 is 6.18 Å². The molecule has 4 nitrogen and oxygen atoms in total. The molecule has 3 aromatic rings. The molecule has 0 aliphatic rings. The minimum atomic E-state index is -4.49. The molecule has 0 saturated carbocycles. The number of aromatic nitrogens is 2. The molecule has 25 heavy (non-hydrogen) atoms. The van der Waals surface area contributed by atoms with Crippen molar-refractivity contribution in [3.05, 3.63) is 62.6 Å². The van der Waals surface area contributed by atoms with Crippen molar-refractivity contribution in [2.75, 3.05) is 5.32 Å². The monoisotopic (exact) mass is 459 g/mol. The van der Waals surface area contributed by atoms with Gasteiger partial charge in [-0.3, -0.25) is 9.20 Å². The Kier molecular flexibility index (Phi) is 4.48. The van der Waals surface area contributed by atoms with Crippen LogP contribution in [0.4, 0.5) is 18.9 Å². The van der Waals surface area contributed by atoms with Crippen LogP contribution in [0.2, 0.25) is 0 Å². The van der Waals surface area contributed by atoms with E-state index >= 15 is 0 Å². The van der Waals surface area contributed by atoms with E-state index in [1.165, 1.54) is 10.5 Å². The molecule has 1 amide bonds. The number of carbonyl (C=O) groups excluding carboxylic acids is 1. The molecule has 2 heterocycles. The van der Waals surface area contributed by atoms with Gasteiger partial charge in [-0.2, -0.15) is 13.2 Å². The minimum Gasteiger partial charge on any atom is -0.320 e. The number of carbonyl (C=O) groups is 1. The molecule has 0 fully saturated rings. The second-order valence-corrected chi connectivity index (χ2v) is 6.85. The quantitative estimate of drug-likeness (QED) is 0.559. The summed E-state index contributed by atoms with van der Waals surface area (Å²) in [4.78, 5) is 16.8. The number of rotatable bonds is 2. The van der Waals surface area contributed by atoms with Crippen LogP contribution in [0.1, 0.15) is 27.3 Å². The van der Waals surface area contributed by atoms with Gasteiger partial charge in [0.2, 0.25) is 0 Å². The molecule has 1 N–H and O–H groups in total. The van der Waals surface area contributed by atoms with Crippen molar-refractivity contribution in [3.63, 3.8) is 0 Å². The Labute approximate surface area is 155 Å². The van der Waals surface area contributed by atoms with Gasteiger partial charge < -0.3 is 5.32 Å². The summed E-state index contributed by atoms with van der Waals surface area (Å²) in [6.07, 6.45) is -3.60. The van der Waals surface area contributed by atoms with Crippen molar-refractivity contribution < 1.29 is 18.0 Å². The fraction of sp³-hybridized carbons (Fsp3) is 0.176. The number of hydrogen-bond donors (Lipinski definition) is 1. The van der Waals surface area contributed by atoms with E-state index in [1.807, 2.05) is 19.1 Å². The normalized spacial score (nSPS) is 11.8. The zero-order valence-electron chi connectivity index (χ0n) is 13.3. The minimum absolute atomic E-state index is 0.0825. The summed E-state index contributed by atoms with van der Waals surface area (Å²) in [5.41, 5.74) is 1.36. The first kappa shape index (κ1) is 17.7. The molecule has 8 heteroatoms. The molecule has 2 aromatic heterocycles. The summed E-state index contributed by atoms with van der Waals surface area (Å²) in [5, 5.41) is 2.75. The van der Waals surface area contributed by atoms with Crippen molar-refractivity contribution in [1.29, 1.82) is 0 Å². The number of amides is 1. The van der Waals surface area contributed by atoms with Gasteiger partial charge in [0.15, 0.2) is 0 Å². The summed E-state index contributed by atoms with van der Waals surface area (Å²) in [7, 11) is 0. The van der Waals surface area contributed by atoms with Crippen molar-refractivity contribution in [3.8, 4) is 0 Å². The maximum atomic E-state index is 13.0. The van der Waals surface area contributed by atoms with Gasteiger partial charge in [0, 0.05) is 15.5 Å². The van der Waals surface area contributed by atoms with Crippen LogP contribution in [0, 0.1) is 17.4 Å². The lowest BCUT2D eigenvalue weighted by Gasteiger charge is -2.11. The average molecular weight is 459 g/mol. The van der Waals surface area contributed by atoms with Gasteiger partial charge in [-0.1, -0.05) is 0 Å². The Hall–Kier alpha value is -2.10. The SMILES string of the molecule is Cc1cc(I)ccc1NC(=O)c1c(C)nc2ccc(C(F)(F)F)cn12. The van der Waals surface area contributed by atoms with Gasteiger partial charge in [0.25, 0.3) is 5.91 Å². The van der Waals surface area contributed by atoms with E-state index in [2.05, 4.69) is 32.9 Å². The summed E-state index contributed by atoms with van der Waals surface area (Å²) in [6, 6.07) is 7.70. The van der Waals surface area contributed by atoms with E-state index in [0.29, 0.717) is 11.4 Å². The van der Waals surface area contributed by atoms with Crippen LogP contribution in [0.15, 0.2) is 36.5 Å². The number of hydrogen-bond acceptors (Lipinski definition) is 2. The van der Waals surface area contributed by atoms with Crippen LogP contribution in [0.25, 0.3) is 5.65 Å². The maximum absolute atomic E-state index is 13.0. The molecule has 0 spiro atoms. The number of aryl methyl sites for hydroxylation is 2. The first-order valence-corrected chi connectivity index (χ1v) is 8.38. The number of pyridine rings is 1. The molecule has 0 atom stereocenters. The zero-order valence-corrected chi connectivity index (χ0v) is 15.4. The third-order valence-corrected chi connectivity index (χ3v) is 4.44. The van der Waals surface area contributed by atoms with E-state index in [-0.39, 0.29) is 11.3 Å². The Morgan fingerprint density at radius 3 is 2.56 bits per heavy atom. The van der Waals surface area contributed by atoms with Crippen LogP contribution >= 0.6 is 22.6 Å². The Morgan fingerprint density at radius 1 is 1.20 bits per heavy atom. The molecule has 0 radical (unpaired) electrons. The van der Waals surface area contributed by atoms with Crippen molar-refractivity contribution in [2.45, 2.75) is 20.0 Å². The van der Waals surface area contributed by atoms with Gasteiger partial charge in [-0.15, -0.1) is 0 Å². The molecule has 0 saturated heterocycles. The molecule has 0 unspecified atom stereocenters. The lowest BCUT2D eigenvalue weighted by atomic mass is 10.2. The molecule has 0 aliphatic heterocycles. The molecule has 1 aromatic carbocycles. The van der Waals surface area contributed by atoms with Crippen molar-refractivity contribution in [2.24, 2.45) is 0 Å². The van der Waals surface area contributed by atoms with Gasteiger partial charge in [0.1, 0.15) is 11.3 Å². The maximum Gasteiger partial charge on any atom is 0.417 e. The number of nitrogens with zero attached hydrogens (tertiary/aromatic N) is 2. The molecular formula is C17H13F3IN3O. The third kappa shape index (κ3) is 3.48. The molecule has 130 valence electrons. The van der Waals surface area contributed by atoms with Crippen LogP contribution in [0.3, 0.4) is 0 Å². The van der Waals surface area contributed by atoms with Crippen molar-refractivity contribution >= 4 is 39.8 Å². The van der Waals surface area contributed by atoms with Crippen LogP contribution < -0.4 is 5.32 Å². The second kappa shape index (κ2) is 6.32. The number of imidazole rings is 1. The van der Waals surface area contributed by atoms with E-state index in [4.69, 9.17) is 0 Å². The largest absolute Gasteiger partial charge is 0.417 e. The molecule has 3 rings (SSSR count). The van der Waals surface area contributed by atoms with Crippen molar-refractivity contribution in [1.82, 2.24) is 9.38 Å². The number of alkyl halides is 3. The smallest absolute Gasteiger partial charge is 0.320 e. The summed E-state index contributed by atoms with van der Waals surface area (Å²) in [5.74, 6) is -0.506. The van der Waals surface area contributed by atoms with Gasteiger partial charge in [-0.25, -0.2) is 4.98 Å². The first-order chi connectivity index (χ1) is 11.7. The number of fused-ring (bicyclic) bond motifs is 1. The highest BCUT2D eigenvalue weighted by Gasteiger charge is 2.31. The average Bonchev–Trinajstić information content (AvgIpc) is 2.84. The van der Waals surface area contributed by atoms with Gasteiger partial charge in [0.05, 0.1) is 11.3 Å². The Bertz CT molecular complexity index is 979. The van der Waals surface area contributed by atoms with E-state index in [9.17, 15) is 18.0 Å². The molecule has 0 aliphatic carbocycles. The van der Waals surface area contributed by atoms with Crippen LogP contribution in [0.5, 0.6) is 0 Å². The standard InChI is InChI=1S/C17H13F3IN3O/c1-9-7-12(21)4-5-13(9)23-16(25)15-10(2)22-14-6-3-11(8-24(14)15)17(18,19)20/h3-8H,1-2H3,(H,23,25). The fourth-order valence-electron chi connectivity index (χ4n) is 2.55. The Morgan fingerprint density at radius 2 is 1.92 bits per heavy atom. The second-order valence-electron chi connectivity index (χ2n) is 5.60. The summed E-state index contributed by atoms with van der Waals surface area (Å²) >= 11 is 2.16. The highest BCUT2D eigenvalue weighted by Crippen LogP contribution is 2.30. The summed E-state index contributed by atoms with van der Waals surface area (Å²) in [6.45, 7) is 3.44. The summed E-state index contributed by atoms with van der Waals surface area (Å²) < 4.78 is 41.1. The highest BCUT2D eigenvalue weighted by molar-refractivity contribution is 14.1. The predicted molar refractivity (Wildman–Crippen MR) is 96.8 cm³/mol. The topological polar surface area (TPSA) is 46.4 Å². The highest BCUT2D eigenvalue weighted by atomic mass is 127. The zero-order chi connectivity index (χ0) is 18.4.